The molecule has 3 nitrogen and oxygen atoms in total. The zero-order valence-electron chi connectivity index (χ0n) is 9.57. The molecule has 0 spiro atoms. The summed E-state index contributed by atoms with van der Waals surface area (Å²) in [5, 5.41) is 9.46. The van der Waals surface area contributed by atoms with Crippen LogP contribution in [0.1, 0.15) is 35.8 Å². The Kier molecular flexibility index (Phi) is 2.79. The Morgan fingerprint density at radius 2 is 2.06 bits per heavy atom. The third-order valence-corrected chi connectivity index (χ3v) is 2.61. The Bertz CT molecular complexity index is 593. The molecule has 2 rings (SSSR count). The monoisotopic (exact) mass is 233 g/mol. The van der Waals surface area contributed by atoms with E-state index in [2.05, 4.69) is 4.98 Å². The van der Waals surface area contributed by atoms with Crippen LogP contribution in [0.15, 0.2) is 24.3 Å². The van der Waals surface area contributed by atoms with Gasteiger partial charge in [0.2, 0.25) is 0 Å². The van der Waals surface area contributed by atoms with E-state index in [9.17, 15) is 9.18 Å². The van der Waals surface area contributed by atoms with Crippen molar-refractivity contribution in [1.82, 2.24) is 4.98 Å². The molecular weight excluding hydrogens is 221 g/mol. The number of pyridine rings is 1. The molecule has 0 aliphatic heterocycles. The minimum atomic E-state index is -1.06. The number of rotatable bonds is 2. The Labute approximate surface area is 97.9 Å². The van der Waals surface area contributed by atoms with Crippen molar-refractivity contribution in [1.29, 1.82) is 0 Å². The Morgan fingerprint density at radius 3 is 2.65 bits per heavy atom. The molecule has 0 saturated carbocycles. The van der Waals surface area contributed by atoms with E-state index in [4.69, 9.17) is 5.11 Å². The second-order valence-electron chi connectivity index (χ2n) is 4.22. The zero-order valence-corrected chi connectivity index (χ0v) is 9.57. The minimum absolute atomic E-state index is 0.0956. The van der Waals surface area contributed by atoms with E-state index in [0.29, 0.717) is 16.6 Å². The van der Waals surface area contributed by atoms with E-state index in [1.54, 1.807) is 0 Å². The number of aromatic carboxylic acids is 1. The van der Waals surface area contributed by atoms with Crippen LogP contribution in [-0.2, 0) is 0 Å². The number of hydrogen-bond acceptors (Lipinski definition) is 2. The van der Waals surface area contributed by atoms with Gasteiger partial charge in [0.25, 0.3) is 0 Å². The van der Waals surface area contributed by atoms with Gasteiger partial charge in [0, 0.05) is 11.1 Å². The van der Waals surface area contributed by atoms with Crippen molar-refractivity contribution in [2.75, 3.05) is 0 Å². The molecule has 1 heterocycles. The van der Waals surface area contributed by atoms with Gasteiger partial charge in [0.15, 0.2) is 0 Å². The van der Waals surface area contributed by atoms with Gasteiger partial charge in [0.1, 0.15) is 5.82 Å². The Morgan fingerprint density at radius 1 is 1.35 bits per heavy atom. The highest BCUT2D eigenvalue weighted by molar-refractivity contribution is 6.02. The third-order valence-electron chi connectivity index (χ3n) is 2.61. The summed E-state index contributed by atoms with van der Waals surface area (Å²) in [6.45, 7) is 3.87. The molecule has 17 heavy (non-hydrogen) atoms. The van der Waals surface area contributed by atoms with Gasteiger partial charge in [0.05, 0.1) is 11.1 Å². The normalized spacial score (nSPS) is 11.1. The highest BCUT2D eigenvalue weighted by atomic mass is 19.1. The maximum absolute atomic E-state index is 13.1. The number of hydrogen-bond donors (Lipinski definition) is 1. The summed E-state index contributed by atoms with van der Waals surface area (Å²) < 4.78 is 13.1. The average molecular weight is 233 g/mol. The van der Waals surface area contributed by atoms with E-state index in [1.165, 1.54) is 24.3 Å². The molecule has 88 valence electrons. The van der Waals surface area contributed by atoms with Crippen LogP contribution in [-0.4, -0.2) is 16.1 Å². The SMILES string of the molecule is CC(C)c1cc(C(=O)O)c2cc(F)ccc2n1. The molecule has 0 amide bonds. The second kappa shape index (κ2) is 4.13. The number of benzene rings is 1. The molecule has 1 aromatic carbocycles. The predicted octanol–water partition coefficient (Wildman–Crippen LogP) is 3.20. The summed E-state index contributed by atoms with van der Waals surface area (Å²) in [5.74, 6) is -1.40. The van der Waals surface area contributed by atoms with Gasteiger partial charge in [-0.15, -0.1) is 0 Å². The van der Waals surface area contributed by atoms with Gasteiger partial charge in [-0.3, -0.25) is 4.98 Å². The molecular formula is C13H12FNO2. The van der Waals surface area contributed by atoms with Crippen LogP contribution in [0.3, 0.4) is 0 Å². The molecule has 4 heteroatoms. The number of aromatic nitrogens is 1. The molecule has 0 aliphatic rings. The molecule has 0 fully saturated rings. The van der Waals surface area contributed by atoms with Crippen LogP contribution in [0, 0.1) is 5.82 Å². The predicted molar refractivity (Wildman–Crippen MR) is 62.7 cm³/mol. The van der Waals surface area contributed by atoms with Crippen LogP contribution in [0.2, 0.25) is 0 Å². The maximum atomic E-state index is 13.1. The van der Waals surface area contributed by atoms with Gasteiger partial charge in [-0.1, -0.05) is 13.8 Å². The highest BCUT2D eigenvalue weighted by Crippen LogP contribution is 2.23. The molecule has 1 aromatic heterocycles. The number of carboxylic acid groups (broad SMARTS) is 1. The van der Waals surface area contributed by atoms with Gasteiger partial charge in [-0.05, 0) is 30.2 Å². The van der Waals surface area contributed by atoms with Crippen LogP contribution in [0.5, 0.6) is 0 Å². The van der Waals surface area contributed by atoms with E-state index in [-0.39, 0.29) is 11.5 Å². The number of carboxylic acids is 1. The van der Waals surface area contributed by atoms with Crippen molar-refractivity contribution in [3.05, 3.63) is 41.3 Å². The number of carbonyl (C=O) groups is 1. The lowest BCUT2D eigenvalue weighted by atomic mass is 10.0. The topological polar surface area (TPSA) is 50.2 Å². The van der Waals surface area contributed by atoms with Crippen LogP contribution in [0.4, 0.5) is 4.39 Å². The molecule has 0 atom stereocenters. The van der Waals surface area contributed by atoms with Crippen LogP contribution < -0.4 is 0 Å². The van der Waals surface area contributed by atoms with E-state index < -0.39 is 11.8 Å². The van der Waals surface area contributed by atoms with Crippen LogP contribution in [0.25, 0.3) is 10.9 Å². The van der Waals surface area contributed by atoms with Gasteiger partial charge in [-0.2, -0.15) is 0 Å². The lowest BCUT2D eigenvalue weighted by Gasteiger charge is -2.09. The van der Waals surface area contributed by atoms with Gasteiger partial charge >= 0.3 is 5.97 Å². The molecule has 0 bridgehead atoms. The summed E-state index contributed by atoms with van der Waals surface area (Å²) in [5.41, 5.74) is 1.30. The third kappa shape index (κ3) is 2.11. The smallest absolute Gasteiger partial charge is 0.336 e. The fraction of sp³-hybridized carbons (Fsp3) is 0.231. The van der Waals surface area contributed by atoms with Crippen molar-refractivity contribution in [3.8, 4) is 0 Å². The molecule has 0 unspecified atom stereocenters. The summed E-state index contributed by atoms with van der Waals surface area (Å²) in [4.78, 5) is 15.5. The van der Waals surface area contributed by atoms with Crippen molar-refractivity contribution in [2.24, 2.45) is 0 Å². The Balaban J connectivity index is 2.81. The van der Waals surface area contributed by atoms with Crippen molar-refractivity contribution in [2.45, 2.75) is 19.8 Å². The standard InChI is InChI=1S/C13H12FNO2/c1-7(2)12-6-10(13(16)17)9-5-8(14)3-4-11(9)15-12/h3-7H,1-2H3,(H,16,17). The zero-order chi connectivity index (χ0) is 12.6. The molecule has 0 radical (unpaired) electrons. The van der Waals surface area contributed by atoms with Crippen molar-refractivity contribution < 1.29 is 14.3 Å². The number of nitrogens with zero attached hydrogens (tertiary/aromatic N) is 1. The molecule has 0 saturated heterocycles. The summed E-state index contributed by atoms with van der Waals surface area (Å²) in [7, 11) is 0. The number of halogens is 1. The first-order valence-electron chi connectivity index (χ1n) is 5.32. The lowest BCUT2D eigenvalue weighted by Crippen LogP contribution is -2.03. The summed E-state index contributed by atoms with van der Waals surface area (Å²) >= 11 is 0. The Hall–Kier alpha value is -1.97. The number of fused-ring (bicyclic) bond motifs is 1. The van der Waals surface area contributed by atoms with Crippen molar-refractivity contribution in [3.63, 3.8) is 0 Å². The first-order chi connectivity index (χ1) is 7.99. The van der Waals surface area contributed by atoms with Gasteiger partial charge < -0.3 is 5.11 Å². The fourth-order valence-corrected chi connectivity index (χ4v) is 1.69. The molecule has 0 aliphatic carbocycles. The van der Waals surface area contributed by atoms with E-state index >= 15 is 0 Å². The first kappa shape index (κ1) is 11.5. The quantitative estimate of drug-likeness (QED) is 0.866. The summed E-state index contributed by atoms with van der Waals surface area (Å²) in [6, 6.07) is 5.50. The molecule has 2 aromatic rings. The largest absolute Gasteiger partial charge is 0.478 e. The maximum Gasteiger partial charge on any atom is 0.336 e. The van der Waals surface area contributed by atoms with Crippen molar-refractivity contribution >= 4 is 16.9 Å². The average Bonchev–Trinajstić information content (AvgIpc) is 2.27. The minimum Gasteiger partial charge on any atom is -0.478 e. The van der Waals surface area contributed by atoms with E-state index in [1.807, 2.05) is 13.8 Å². The van der Waals surface area contributed by atoms with Crippen LogP contribution >= 0.6 is 0 Å². The fourth-order valence-electron chi connectivity index (χ4n) is 1.69. The lowest BCUT2D eigenvalue weighted by molar-refractivity contribution is 0.0699. The highest BCUT2D eigenvalue weighted by Gasteiger charge is 2.13. The molecule has 1 N–H and O–H groups in total. The first-order valence-corrected chi connectivity index (χ1v) is 5.32. The van der Waals surface area contributed by atoms with E-state index in [0.717, 1.165) is 0 Å². The second-order valence-corrected chi connectivity index (χ2v) is 4.22. The van der Waals surface area contributed by atoms with Gasteiger partial charge in [-0.25, -0.2) is 9.18 Å². The summed E-state index contributed by atoms with van der Waals surface area (Å²) in [6.07, 6.45) is 0.